The van der Waals surface area contributed by atoms with Gasteiger partial charge in [-0.15, -0.1) is 0 Å². The molecule has 0 heterocycles. The fraction of sp³-hybridized carbons (Fsp3) is 0.261. The molecule has 0 aliphatic heterocycles. The van der Waals surface area contributed by atoms with Crippen LogP contribution in [0.3, 0.4) is 0 Å². The van der Waals surface area contributed by atoms with Gasteiger partial charge >= 0.3 is 149 Å². The van der Waals surface area contributed by atoms with E-state index in [2.05, 4.69) is 85.0 Å². The number of benzene rings is 2. The maximum atomic E-state index is 2.59. The van der Waals surface area contributed by atoms with E-state index in [9.17, 15) is 0 Å². The van der Waals surface area contributed by atoms with Crippen molar-refractivity contribution >= 4 is 9.38 Å². The maximum absolute atomic E-state index is 2.59. The number of hydrogen-bond donors (Lipinski definition) is 0. The van der Waals surface area contributed by atoms with E-state index in [1.54, 1.807) is 14.9 Å². The van der Waals surface area contributed by atoms with Crippen molar-refractivity contribution in [2.24, 2.45) is 0 Å². The summed E-state index contributed by atoms with van der Waals surface area (Å²) < 4.78 is 2.29. The Kier molecular flexibility index (Phi) is 3.86. The van der Waals surface area contributed by atoms with E-state index in [4.69, 9.17) is 0 Å². The fourth-order valence-electron chi connectivity index (χ4n) is 4.23. The van der Waals surface area contributed by atoms with Crippen molar-refractivity contribution in [3.63, 3.8) is 0 Å². The minimum absolute atomic E-state index is 0.610. The molecule has 1 heteroatoms. The molecular weight excluding hydrogens is 324 g/mol. The van der Waals surface area contributed by atoms with E-state index >= 15 is 0 Å². The summed E-state index contributed by atoms with van der Waals surface area (Å²) in [7, 11) is 0. The molecule has 0 N–H and O–H groups in total. The van der Waals surface area contributed by atoms with Gasteiger partial charge in [-0.1, -0.05) is 0 Å². The van der Waals surface area contributed by atoms with Gasteiger partial charge in [0, 0.05) is 0 Å². The van der Waals surface area contributed by atoms with E-state index in [1.165, 1.54) is 22.3 Å². The molecule has 2 aromatic rings. The van der Waals surface area contributed by atoms with Crippen LogP contribution in [0.5, 0.6) is 0 Å². The SMILES string of the molecule is C[C](C)=[Ti]([CH3])([CH3])[CH]1c2ccccc2-c2cccc(C3=CC=CC3)c21. The van der Waals surface area contributed by atoms with Crippen molar-refractivity contribution < 1.29 is 16.1 Å². The van der Waals surface area contributed by atoms with E-state index in [-0.39, 0.29) is 0 Å². The first-order valence-corrected chi connectivity index (χ1v) is 13.7. The third-order valence-corrected chi connectivity index (χ3v) is 13.3. The van der Waals surface area contributed by atoms with Gasteiger partial charge in [0.25, 0.3) is 0 Å². The molecule has 2 aliphatic carbocycles. The van der Waals surface area contributed by atoms with Crippen LogP contribution in [0.1, 0.15) is 41.2 Å². The van der Waals surface area contributed by atoms with Crippen LogP contribution in [0.15, 0.2) is 60.7 Å². The molecule has 2 aliphatic rings. The predicted octanol–water partition coefficient (Wildman–Crippen LogP) is 6.56. The van der Waals surface area contributed by atoms with Crippen LogP contribution < -0.4 is 0 Å². The van der Waals surface area contributed by atoms with Gasteiger partial charge in [-0.3, -0.25) is 0 Å². The number of hydrogen-bond acceptors (Lipinski definition) is 0. The van der Waals surface area contributed by atoms with E-state index < -0.39 is 16.1 Å². The topological polar surface area (TPSA) is 0 Å². The van der Waals surface area contributed by atoms with Crippen LogP contribution >= 0.6 is 0 Å². The summed E-state index contributed by atoms with van der Waals surface area (Å²) in [5.41, 5.74) is 9.08. The fourth-order valence-corrected chi connectivity index (χ4v) is 8.35. The molecule has 1 unspecified atom stereocenters. The summed E-state index contributed by atoms with van der Waals surface area (Å²) in [6, 6.07) is 16.0. The normalized spacial score (nSPS) is 18.3. The summed E-state index contributed by atoms with van der Waals surface area (Å²) in [6.07, 6.45) is 7.85. The Hall–Kier alpha value is -1.50. The third kappa shape index (κ3) is 2.28. The molecule has 24 heavy (non-hydrogen) atoms. The predicted molar refractivity (Wildman–Crippen MR) is 104 cm³/mol. The summed E-state index contributed by atoms with van der Waals surface area (Å²) in [4.78, 5) is 0. The number of rotatable bonds is 2. The second-order valence-electron chi connectivity index (χ2n) is 7.83. The van der Waals surface area contributed by atoms with Gasteiger partial charge in [0.05, 0.1) is 0 Å². The Morgan fingerprint density at radius 2 is 1.62 bits per heavy atom. The van der Waals surface area contributed by atoms with Crippen molar-refractivity contribution in [3.05, 3.63) is 77.4 Å². The number of allylic oxidation sites excluding steroid dienone is 4. The molecule has 0 fully saturated rings. The molecule has 0 saturated carbocycles. The summed E-state index contributed by atoms with van der Waals surface area (Å²) in [6.45, 7) is 4.72. The Bertz CT molecular complexity index is 930. The van der Waals surface area contributed by atoms with Gasteiger partial charge in [-0.2, -0.15) is 0 Å². The molecule has 2 aromatic carbocycles. The average molecular weight is 349 g/mol. The first-order valence-electron chi connectivity index (χ1n) is 8.90. The van der Waals surface area contributed by atoms with Crippen molar-refractivity contribution in [3.8, 4) is 11.1 Å². The number of fused-ring (bicyclic) bond motifs is 3. The van der Waals surface area contributed by atoms with E-state index in [0.717, 1.165) is 6.42 Å². The van der Waals surface area contributed by atoms with Crippen molar-refractivity contribution in [1.82, 2.24) is 0 Å². The monoisotopic (exact) mass is 349 g/mol. The molecule has 0 aromatic heterocycles. The molecule has 0 nitrogen and oxygen atoms in total. The first kappa shape index (κ1) is 16.0. The quantitative estimate of drug-likeness (QED) is 0.539. The van der Waals surface area contributed by atoms with Gasteiger partial charge in [0.15, 0.2) is 0 Å². The summed E-state index contributed by atoms with van der Waals surface area (Å²) >= 11 is -2.16. The zero-order chi connectivity index (χ0) is 16.9. The van der Waals surface area contributed by atoms with Gasteiger partial charge in [0.1, 0.15) is 0 Å². The Labute approximate surface area is 148 Å². The van der Waals surface area contributed by atoms with Gasteiger partial charge < -0.3 is 0 Å². The molecule has 0 amide bonds. The molecule has 0 bridgehead atoms. The summed E-state index contributed by atoms with van der Waals surface area (Å²) in [5.74, 6) is 0. The Balaban J connectivity index is 2.06. The van der Waals surface area contributed by atoms with Crippen LogP contribution in [-0.2, 0) is 16.1 Å². The second kappa shape index (κ2) is 5.79. The van der Waals surface area contributed by atoms with Crippen molar-refractivity contribution in [1.29, 1.82) is 0 Å². The van der Waals surface area contributed by atoms with Gasteiger partial charge in [0.2, 0.25) is 0 Å². The van der Waals surface area contributed by atoms with Crippen molar-refractivity contribution in [2.45, 2.75) is 34.9 Å². The molecule has 1 atom stereocenters. The molecular formula is C23H25Ti. The molecule has 0 radical (unpaired) electrons. The summed E-state index contributed by atoms with van der Waals surface area (Å²) in [5, 5.41) is 5.17. The second-order valence-corrected chi connectivity index (χ2v) is 15.7. The minimum atomic E-state index is -2.16. The Morgan fingerprint density at radius 1 is 0.917 bits per heavy atom. The molecule has 121 valence electrons. The van der Waals surface area contributed by atoms with Gasteiger partial charge in [-0.05, 0) is 0 Å². The average Bonchev–Trinajstić information content (AvgIpc) is 3.20. The first-order chi connectivity index (χ1) is 11.5. The Morgan fingerprint density at radius 3 is 2.33 bits per heavy atom. The molecule has 4 rings (SSSR count). The van der Waals surface area contributed by atoms with Crippen LogP contribution in [0.4, 0.5) is 0 Å². The standard InChI is InChI=1S/C18H13.C3H6.2CH3.Ti/c1-2-7-13(6-1)15-10-5-11-17-16-9-4-3-8-14(16)12-18(15)17;1-3-2;;;/h1-6,8-12H,7H2;1-2H3;2*1H3;. The van der Waals surface area contributed by atoms with E-state index in [0.29, 0.717) is 4.22 Å². The molecule has 0 spiro atoms. The van der Waals surface area contributed by atoms with Crippen LogP contribution in [0.2, 0.25) is 10.5 Å². The van der Waals surface area contributed by atoms with E-state index in [1.807, 2.05) is 0 Å². The third-order valence-electron chi connectivity index (χ3n) is 6.08. The van der Waals surface area contributed by atoms with Crippen molar-refractivity contribution in [2.75, 3.05) is 0 Å². The van der Waals surface area contributed by atoms with Crippen LogP contribution in [-0.4, -0.2) is 3.81 Å². The zero-order valence-corrected chi connectivity index (χ0v) is 16.6. The van der Waals surface area contributed by atoms with Crippen LogP contribution in [0, 0.1) is 0 Å². The van der Waals surface area contributed by atoms with Crippen LogP contribution in [0.25, 0.3) is 16.7 Å². The zero-order valence-electron chi connectivity index (χ0n) is 15.1. The molecule has 0 saturated heterocycles. The van der Waals surface area contributed by atoms with Gasteiger partial charge in [-0.25, -0.2) is 0 Å².